The van der Waals surface area contributed by atoms with Gasteiger partial charge in [0.15, 0.2) is 8.32 Å². The first-order valence-corrected chi connectivity index (χ1v) is 10.5. The molecule has 0 amide bonds. The van der Waals surface area contributed by atoms with E-state index in [1.807, 2.05) is 6.92 Å². The molecule has 2 unspecified atom stereocenters. The summed E-state index contributed by atoms with van der Waals surface area (Å²) < 4.78 is 7.47. The maximum atomic E-state index is 11.2. The molecule has 1 aliphatic rings. The van der Waals surface area contributed by atoms with E-state index < -0.39 is 8.32 Å². The third-order valence-electron chi connectivity index (χ3n) is 3.01. The standard InChI is InChI=1S/C13H23IO2Si/c1-12(2)8-13(3,9-15)7-10(14)11(12)16-17(4,5)6/h7,9,11H,8H2,1-6H3. The average Bonchev–Trinajstić information content (AvgIpc) is 2.09. The van der Waals surface area contributed by atoms with Crippen molar-refractivity contribution in [2.24, 2.45) is 10.8 Å². The fourth-order valence-corrected chi connectivity index (χ4v) is 5.61. The molecule has 0 radical (unpaired) electrons. The van der Waals surface area contributed by atoms with Crippen LogP contribution in [-0.2, 0) is 9.22 Å². The number of allylic oxidation sites excluding steroid dienone is 1. The van der Waals surface area contributed by atoms with Gasteiger partial charge in [0.25, 0.3) is 0 Å². The highest BCUT2D eigenvalue weighted by Crippen LogP contribution is 2.47. The number of hydrogen-bond acceptors (Lipinski definition) is 2. The normalized spacial score (nSPS) is 33.1. The minimum atomic E-state index is -1.57. The Hall–Kier alpha value is 0.317. The molecule has 0 heterocycles. The van der Waals surface area contributed by atoms with Gasteiger partial charge in [-0.1, -0.05) is 19.9 Å². The molecule has 4 heteroatoms. The van der Waals surface area contributed by atoms with E-state index >= 15 is 0 Å². The number of hydrogen-bond donors (Lipinski definition) is 0. The molecule has 0 N–H and O–H groups in total. The molecule has 0 aromatic rings. The van der Waals surface area contributed by atoms with Gasteiger partial charge in [-0.25, -0.2) is 0 Å². The molecule has 0 saturated heterocycles. The number of aldehydes is 1. The van der Waals surface area contributed by atoms with Crippen LogP contribution in [0.5, 0.6) is 0 Å². The summed E-state index contributed by atoms with van der Waals surface area (Å²) in [6.45, 7) is 13.0. The summed E-state index contributed by atoms with van der Waals surface area (Å²) in [5.74, 6) is 0. The molecule has 2 atom stereocenters. The molecule has 1 aliphatic carbocycles. The zero-order chi connectivity index (χ0) is 13.5. The van der Waals surface area contributed by atoms with Crippen molar-refractivity contribution in [1.29, 1.82) is 0 Å². The van der Waals surface area contributed by atoms with Gasteiger partial charge in [-0.05, 0) is 61.0 Å². The monoisotopic (exact) mass is 366 g/mol. The van der Waals surface area contributed by atoms with Gasteiger partial charge < -0.3 is 9.22 Å². The SMILES string of the molecule is CC1(C=O)C=C(I)C(O[Si](C)(C)C)C(C)(C)C1. The van der Waals surface area contributed by atoms with E-state index in [-0.39, 0.29) is 16.9 Å². The Balaban J connectivity index is 3.07. The maximum absolute atomic E-state index is 11.2. The second-order valence-electron chi connectivity index (χ2n) is 6.93. The van der Waals surface area contributed by atoms with Crippen molar-refractivity contribution in [2.45, 2.75) is 52.9 Å². The van der Waals surface area contributed by atoms with Crippen molar-refractivity contribution in [2.75, 3.05) is 0 Å². The van der Waals surface area contributed by atoms with Gasteiger partial charge in [-0.3, -0.25) is 0 Å². The van der Waals surface area contributed by atoms with Gasteiger partial charge in [-0.2, -0.15) is 0 Å². The molecule has 0 aromatic heterocycles. The van der Waals surface area contributed by atoms with Crippen molar-refractivity contribution < 1.29 is 9.22 Å². The first-order chi connectivity index (χ1) is 7.49. The fourth-order valence-electron chi connectivity index (χ4n) is 2.53. The van der Waals surface area contributed by atoms with Crippen LogP contribution in [0.25, 0.3) is 0 Å². The van der Waals surface area contributed by atoms with Crippen LogP contribution in [0, 0.1) is 10.8 Å². The molecule has 0 fully saturated rings. The Morgan fingerprint density at radius 2 is 1.94 bits per heavy atom. The lowest BCUT2D eigenvalue weighted by Crippen LogP contribution is -2.46. The molecular formula is C13H23IO2Si. The lowest BCUT2D eigenvalue weighted by atomic mass is 9.67. The van der Waals surface area contributed by atoms with E-state index in [0.717, 1.165) is 12.7 Å². The Morgan fingerprint density at radius 3 is 2.29 bits per heavy atom. The summed E-state index contributed by atoms with van der Waals surface area (Å²) in [4.78, 5) is 11.2. The Morgan fingerprint density at radius 1 is 1.41 bits per heavy atom. The van der Waals surface area contributed by atoms with Crippen LogP contribution < -0.4 is 0 Å². The predicted octanol–water partition coefficient (Wildman–Crippen LogP) is 4.16. The Kier molecular flexibility index (Phi) is 4.32. The zero-order valence-electron chi connectivity index (χ0n) is 11.6. The van der Waals surface area contributed by atoms with Crippen LogP contribution in [0.4, 0.5) is 0 Å². The summed E-state index contributed by atoms with van der Waals surface area (Å²) in [7, 11) is -1.57. The topological polar surface area (TPSA) is 26.3 Å². The second-order valence-corrected chi connectivity index (χ2v) is 12.6. The second kappa shape index (κ2) is 4.77. The summed E-state index contributed by atoms with van der Waals surface area (Å²) in [5, 5.41) is 0. The number of carbonyl (C=O) groups excluding carboxylic acids is 1. The van der Waals surface area contributed by atoms with Crippen LogP contribution in [-0.4, -0.2) is 20.7 Å². The maximum Gasteiger partial charge on any atom is 0.184 e. The summed E-state index contributed by atoms with van der Waals surface area (Å²) in [5.41, 5.74) is -0.319. The number of carbonyl (C=O) groups is 1. The molecule has 1 rings (SSSR count). The molecule has 0 aromatic carbocycles. The third-order valence-corrected chi connectivity index (χ3v) is 4.82. The van der Waals surface area contributed by atoms with Crippen LogP contribution in [0.2, 0.25) is 19.6 Å². The minimum Gasteiger partial charge on any atom is -0.410 e. The van der Waals surface area contributed by atoms with Gasteiger partial charge in [-0.15, -0.1) is 0 Å². The largest absolute Gasteiger partial charge is 0.410 e. The molecule has 2 nitrogen and oxygen atoms in total. The van der Waals surface area contributed by atoms with Crippen molar-refractivity contribution in [3.05, 3.63) is 9.66 Å². The molecular weight excluding hydrogens is 343 g/mol. The number of rotatable bonds is 3. The first kappa shape index (κ1) is 15.4. The molecule has 0 saturated carbocycles. The van der Waals surface area contributed by atoms with Crippen molar-refractivity contribution in [3.8, 4) is 0 Å². The van der Waals surface area contributed by atoms with Gasteiger partial charge in [0, 0.05) is 8.99 Å². The van der Waals surface area contributed by atoms with Gasteiger partial charge in [0.2, 0.25) is 0 Å². The van der Waals surface area contributed by atoms with E-state index in [4.69, 9.17) is 4.43 Å². The molecule has 0 aliphatic heterocycles. The summed E-state index contributed by atoms with van der Waals surface area (Å²) >= 11 is 2.33. The lowest BCUT2D eigenvalue weighted by Gasteiger charge is -2.45. The van der Waals surface area contributed by atoms with Crippen molar-refractivity contribution in [3.63, 3.8) is 0 Å². The van der Waals surface area contributed by atoms with Crippen LogP contribution in [0.3, 0.4) is 0 Å². The minimum absolute atomic E-state index is 0.0151. The van der Waals surface area contributed by atoms with E-state index in [0.29, 0.717) is 0 Å². The molecule has 98 valence electrons. The first-order valence-electron chi connectivity index (χ1n) is 6.01. The summed E-state index contributed by atoms with van der Waals surface area (Å²) in [6.07, 6.45) is 4.14. The van der Waals surface area contributed by atoms with Gasteiger partial charge in [0.05, 0.1) is 6.10 Å². The Bertz CT molecular complexity index is 344. The highest BCUT2D eigenvalue weighted by atomic mass is 127. The van der Waals surface area contributed by atoms with E-state index in [2.05, 4.69) is 62.2 Å². The predicted molar refractivity (Wildman–Crippen MR) is 82.9 cm³/mol. The zero-order valence-corrected chi connectivity index (χ0v) is 14.8. The third kappa shape index (κ3) is 3.89. The molecule has 17 heavy (non-hydrogen) atoms. The lowest BCUT2D eigenvalue weighted by molar-refractivity contribution is -0.115. The number of halogens is 1. The average molecular weight is 366 g/mol. The molecule has 0 bridgehead atoms. The smallest absolute Gasteiger partial charge is 0.184 e. The van der Waals surface area contributed by atoms with Crippen LogP contribution in [0.1, 0.15) is 27.2 Å². The van der Waals surface area contributed by atoms with E-state index in [1.54, 1.807) is 0 Å². The highest BCUT2D eigenvalue weighted by molar-refractivity contribution is 14.1. The van der Waals surface area contributed by atoms with E-state index in [9.17, 15) is 4.79 Å². The van der Waals surface area contributed by atoms with Crippen LogP contribution in [0.15, 0.2) is 9.66 Å². The highest BCUT2D eigenvalue weighted by Gasteiger charge is 2.44. The molecule has 0 spiro atoms. The quantitative estimate of drug-likeness (QED) is 0.426. The Labute approximate surface area is 119 Å². The van der Waals surface area contributed by atoms with Gasteiger partial charge in [0.1, 0.15) is 6.29 Å². The van der Waals surface area contributed by atoms with E-state index in [1.165, 1.54) is 3.58 Å². The fraction of sp³-hybridized carbons (Fsp3) is 0.769. The summed E-state index contributed by atoms with van der Waals surface area (Å²) in [6, 6.07) is 0. The van der Waals surface area contributed by atoms with Crippen molar-refractivity contribution >= 4 is 37.2 Å². The van der Waals surface area contributed by atoms with Crippen molar-refractivity contribution in [1.82, 2.24) is 0 Å². The van der Waals surface area contributed by atoms with Gasteiger partial charge >= 0.3 is 0 Å². The van der Waals surface area contributed by atoms with Crippen LogP contribution >= 0.6 is 22.6 Å².